The zero-order chi connectivity index (χ0) is 16.5. The lowest BCUT2D eigenvalue weighted by Gasteiger charge is -2.10. The van der Waals surface area contributed by atoms with Gasteiger partial charge < -0.3 is 0 Å². The molecule has 116 valence electrons. The molecule has 0 aliphatic carbocycles. The summed E-state index contributed by atoms with van der Waals surface area (Å²) in [7, 11) is 0. The second-order valence-electron chi connectivity index (χ2n) is 5.57. The van der Waals surface area contributed by atoms with Crippen LogP contribution in [0.25, 0.3) is 22.2 Å². The van der Waals surface area contributed by atoms with Crippen LogP contribution in [0.15, 0.2) is 84.9 Å². The Bertz CT molecular complexity index is 1020. The molecule has 4 rings (SSSR count). The number of halogens is 1. The van der Waals surface area contributed by atoms with Gasteiger partial charge in [0.25, 0.3) is 5.91 Å². The van der Waals surface area contributed by atoms with E-state index >= 15 is 0 Å². The van der Waals surface area contributed by atoms with Gasteiger partial charge in [-0.15, -0.1) is 0 Å². The fourth-order valence-corrected chi connectivity index (χ4v) is 3.17. The molecule has 0 aliphatic rings. The van der Waals surface area contributed by atoms with Crippen molar-refractivity contribution in [2.75, 3.05) is 0 Å². The van der Waals surface area contributed by atoms with Gasteiger partial charge >= 0.3 is 0 Å². The van der Waals surface area contributed by atoms with Crippen LogP contribution in [0.1, 0.15) is 10.4 Å². The second kappa shape index (κ2) is 5.99. The summed E-state index contributed by atoms with van der Waals surface area (Å²) in [5, 5.41) is 1.52. The summed E-state index contributed by atoms with van der Waals surface area (Å²) in [5.74, 6) is -0.0632. The Morgan fingerprint density at radius 2 is 1.46 bits per heavy atom. The predicted molar refractivity (Wildman–Crippen MR) is 98.6 cm³/mol. The van der Waals surface area contributed by atoms with Gasteiger partial charge in [0, 0.05) is 16.0 Å². The van der Waals surface area contributed by atoms with Crippen LogP contribution in [0, 0.1) is 0 Å². The number of hydrogen-bond acceptors (Lipinski definition) is 1. The van der Waals surface area contributed by atoms with Gasteiger partial charge in [0.15, 0.2) is 0 Å². The highest BCUT2D eigenvalue weighted by Crippen LogP contribution is 2.33. The topological polar surface area (TPSA) is 22.0 Å². The van der Waals surface area contributed by atoms with Crippen LogP contribution in [0.3, 0.4) is 0 Å². The molecule has 0 radical (unpaired) electrons. The summed E-state index contributed by atoms with van der Waals surface area (Å²) < 4.78 is 1.74. The van der Waals surface area contributed by atoms with Crippen molar-refractivity contribution < 1.29 is 4.79 Å². The standard InChI is InChI=1S/C21H14ClNO/c22-18-12-7-13-19-17(18)14-20(15-8-3-1-4-9-15)23(19)21(24)16-10-5-2-6-11-16/h1-14H. The van der Waals surface area contributed by atoms with E-state index in [4.69, 9.17) is 11.6 Å². The Hall–Kier alpha value is -2.84. The molecular weight excluding hydrogens is 318 g/mol. The van der Waals surface area contributed by atoms with E-state index in [1.807, 2.05) is 84.9 Å². The monoisotopic (exact) mass is 331 g/mol. The molecule has 1 aromatic heterocycles. The molecule has 0 saturated carbocycles. The molecule has 0 N–H and O–H groups in total. The fourth-order valence-electron chi connectivity index (χ4n) is 2.94. The van der Waals surface area contributed by atoms with E-state index in [1.54, 1.807) is 4.57 Å². The quantitative estimate of drug-likeness (QED) is 0.465. The fraction of sp³-hybridized carbons (Fsp3) is 0. The van der Waals surface area contributed by atoms with Crippen LogP contribution in [-0.4, -0.2) is 10.5 Å². The third-order valence-corrected chi connectivity index (χ3v) is 4.42. The van der Waals surface area contributed by atoms with Crippen molar-refractivity contribution in [3.05, 3.63) is 95.5 Å². The Morgan fingerprint density at radius 3 is 2.17 bits per heavy atom. The van der Waals surface area contributed by atoms with Gasteiger partial charge in [-0.2, -0.15) is 0 Å². The third kappa shape index (κ3) is 2.41. The minimum Gasteiger partial charge on any atom is -0.276 e. The van der Waals surface area contributed by atoms with Crippen molar-refractivity contribution in [2.24, 2.45) is 0 Å². The third-order valence-electron chi connectivity index (χ3n) is 4.09. The lowest BCUT2D eigenvalue weighted by Crippen LogP contribution is -2.12. The molecule has 1 heterocycles. The lowest BCUT2D eigenvalue weighted by molar-refractivity contribution is 0.0967. The molecule has 3 heteroatoms. The van der Waals surface area contributed by atoms with E-state index in [2.05, 4.69) is 0 Å². The molecule has 0 amide bonds. The zero-order valence-corrected chi connectivity index (χ0v) is 13.6. The van der Waals surface area contributed by atoms with Gasteiger partial charge in [-0.05, 0) is 35.9 Å². The van der Waals surface area contributed by atoms with E-state index in [9.17, 15) is 4.79 Å². The second-order valence-corrected chi connectivity index (χ2v) is 5.98. The largest absolute Gasteiger partial charge is 0.276 e. The van der Waals surface area contributed by atoms with E-state index in [1.165, 1.54) is 0 Å². The number of hydrogen-bond donors (Lipinski definition) is 0. The maximum Gasteiger partial charge on any atom is 0.262 e. The highest BCUT2D eigenvalue weighted by molar-refractivity contribution is 6.35. The average molecular weight is 332 g/mol. The summed E-state index contributed by atoms with van der Waals surface area (Å²) >= 11 is 6.36. The molecule has 0 aliphatic heterocycles. The molecule has 0 fully saturated rings. The first kappa shape index (κ1) is 14.7. The van der Waals surface area contributed by atoms with Crippen LogP contribution in [0.2, 0.25) is 5.02 Å². The van der Waals surface area contributed by atoms with Gasteiger partial charge in [0.1, 0.15) is 0 Å². The molecule has 2 nitrogen and oxygen atoms in total. The number of aromatic nitrogens is 1. The van der Waals surface area contributed by atoms with Crippen molar-refractivity contribution in [2.45, 2.75) is 0 Å². The number of fused-ring (bicyclic) bond motifs is 1. The van der Waals surface area contributed by atoms with E-state index in [-0.39, 0.29) is 5.91 Å². The Morgan fingerprint density at radius 1 is 0.792 bits per heavy atom. The van der Waals surface area contributed by atoms with Crippen LogP contribution in [-0.2, 0) is 0 Å². The van der Waals surface area contributed by atoms with E-state index < -0.39 is 0 Å². The molecule has 0 bridgehead atoms. The Balaban J connectivity index is 2.02. The van der Waals surface area contributed by atoms with Gasteiger partial charge in [-0.25, -0.2) is 0 Å². The first-order chi connectivity index (χ1) is 11.8. The predicted octanol–water partition coefficient (Wildman–Crippen LogP) is 5.65. The molecule has 0 atom stereocenters. The summed E-state index contributed by atoms with van der Waals surface area (Å²) in [4.78, 5) is 13.1. The maximum absolute atomic E-state index is 13.1. The van der Waals surface area contributed by atoms with Crippen molar-refractivity contribution in [1.29, 1.82) is 0 Å². The highest BCUT2D eigenvalue weighted by atomic mass is 35.5. The average Bonchev–Trinajstić information content (AvgIpc) is 3.03. The number of nitrogens with zero attached hydrogens (tertiary/aromatic N) is 1. The SMILES string of the molecule is O=C(c1ccccc1)n1c(-c2ccccc2)cc2c(Cl)cccc21. The highest BCUT2D eigenvalue weighted by Gasteiger charge is 2.18. The molecular formula is C21H14ClNO. The lowest BCUT2D eigenvalue weighted by atomic mass is 10.1. The van der Waals surface area contributed by atoms with Crippen molar-refractivity contribution in [1.82, 2.24) is 4.57 Å². The molecule has 0 saturated heterocycles. The minimum absolute atomic E-state index is 0.0632. The van der Waals surface area contributed by atoms with Crippen LogP contribution in [0.4, 0.5) is 0 Å². The molecule has 4 aromatic rings. The van der Waals surface area contributed by atoms with Gasteiger partial charge in [0.05, 0.1) is 11.2 Å². The molecule has 0 spiro atoms. The van der Waals surface area contributed by atoms with Crippen molar-refractivity contribution >= 4 is 28.4 Å². The molecule has 3 aromatic carbocycles. The Labute approximate surface area is 144 Å². The summed E-state index contributed by atoms with van der Waals surface area (Å²) in [5.41, 5.74) is 3.28. The summed E-state index contributed by atoms with van der Waals surface area (Å²) in [6.07, 6.45) is 0. The van der Waals surface area contributed by atoms with E-state index in [0.717, 1.165) is 22.2 Å². The van der Waals surface area contributed by atoms with Crippen LogP contribution >= 0.6 is 11.6 Å². The minimum atomic E-state index is -0.0632. The number of carbonyl (C=O) groups excluding carboxylic acids is 1. The van der Waals surface area contributed by atoms with E-state index in [0.29, 0.717) is 10.6 Å². The first-order valence-electron chi connectivity index (χ1n) is 7.71. The number of benzene rings is 3. The van der Waals surface area contributed by atoms with Crippen molar-refractivity contribution in [3.8, 4) is 11.3 Å². The van der Waals surface area contributed by atoms with Gasteiger partial charge in [-0.1, -0.05) is 66.2 Å². The van der Waals surface area contributed by atoms with Crippen molar-refractivity contribution in [3.63, 3.8) is 0 Å². The Kier molecular flexibility index (Phi) is 3.68. The smallest absolute Gasteiger partial charge is 0.262 e. The van der Waals surface area contributed by atoms with Crippen LogP contribution in [0.5, 0.6) is 0 Å². The summed E-state index contributed by atoms with van der Waals surface area (Å²) in [6, 6.07) is 26.8. The number of carbonyl (C=O) groups is 1. The molecule has 24 heavy (non-hydrogen) atoms. The number of rotatable bonds is 2. The normalized spacial score (nSPS) is 10.9. The summed E-state index contributed by atoms with van der Waals surface area (Å²) in [6.45, 7) is 0. The maximum atomic E-state index is 13.1. The zero-order valence-electron chi connectivity index (χ0n) is 12.8. The van der Waals surface area contributed by atoms with Crippen LogP contribution < -0.4 is 0 Å². The molecule has 0 unspecified atom stereocenters. The van der Waals surface area contributed by atoms with Gasteiger partial charge in [-0.3, -0.25) is 9.36 Å². The van der Waals surface area contributed by atoms with Gasteiger partial charge in [0.2, 0.25) is 0 Å². The first-order valence-corrected chi connectivity index (χ1v) is 8.08.